The van der Waals surface area contributed by atoms with Crippen LogP contribution in [0, 0.1) is 5.41 Å². The second-order valence-corrected chi connectivity index (χ2v) is 3.07. The molecular weight excluding hydrogens is 218 g/mol. The van der Waals surface area contributed by atoms with Gasteiger partial charge in [0.1, 0.15) is 0 Å². The predicted molar refractivity (Wildman–Crippen MR) is 58.4 cm³/mol. The zero-order valence-corrected chi connectivity index (χ0v) is 9.51. The van der Waals surface area contributed by atoms with Crippen LogP contribution in [0.5, 0.6) is 11.5 Å². The lowest BCUT2D eigenvalue weighted by Gasteiger charge is -2.12. The van der Waals surface area contributed by atoms with E-state index in [0.717, 1.165) is 0 Å². The van der Waals surface area contributed by atoms with Crippen LogP contribution in [0.4, 0.5) is 0 Å². The van der Waals surface area contributed by atoms with Crippen LogP contribution in [0.25, 0.3) is 0 Å². The molecule has 1 rings (SSSR count). The molecule has 0 aromatic heterocycles. The summed E-state index contributed by atoms with van der Waals surface area (Å²) in [4.78, 5) is 0. The molecule has 0 spiro atoms. The number of ether oxygens (including phenoxy) is 3. The fourth-order valence-corrected chi connectivity index (χ4v) is 1.49. The van der Waals surface area contributed by atoms with Crippen molar-refractivity contribution in [3.8, 4) is 11.5 Å². The van der Waals surface area contributed by atoms with E-state index in [9.17, 15) is 0 Å². The van der Waals surface area contributed by atoms with E-state index < -0.39 is 0 Å². The first-order chi connectivity index (χ1) is 7.15. The Hall–Kier alpha value is -1.42. The number of rotatable bonds is 3. The number of halogens is 1. The van der Waals surface area contributed by atoms with E-state index in [1.807, 2.05) is 0 Å². The van der Waals surface area contributed by atoms with Crippen LogP contribution >= 0.6 is 11.6 Å². The summed E-state index contributed by atoms with van der Waals surface area (Å²) in [5.74, 6) is 0.912. The molecule has 0 fully saturated rings. The second-order valence-electron chi connectivity index (χ2n) is 2.70. The average Bonchev–Trinajstić information content (AvgIpc) is 2.27. The summed E-state index contributed by atoms with van der Waals surface area (Å²) >= 11 is 6.04. The monoisotopic (exact) mass is 229 g/mol. The highest BCUT2D eigenvalue weighted by Gasteiger charge is 2.16. The molecule has 15 heavy (non-hydrogen) atoms. The van der Waals surface area contributed by atoms with Gasteiger partial charge in [-0.1, -0.05) is 11.6 Å². The molecule has 0 bridgehead atoms. The lowest BCUT2D eigenvalue weighted by molar-refractivity contribution is 0.354. The third-order valence-electron chi connectivity index (χ3n) is 1.93. The molecule has 0 aliphatic rings. The lowest BCUT2D eigenvalue weighted by atomic mass is 10.2. The Bertz CT molecular complexity index is 379. The van der Waals surface area contributed by atoms with Crippen LogP contribution in [0.1, 0.15) is 5.56 Å². The Morgan fingerprint density at radius 3 is 2.33 bits per heavy atom. The van der Waals surface area contributed by atoms with Crippen molar-refractivity contribution in [3.05, 3.63) is 22.7 Å². The highest BCUT2D eigenvalue weighted by atomic mass is 35.5. The van der Waals surface area contributed by atoms with Gasteiger partial charge in [0, 0.05) is 0 Å². The van der Waals surface area contributed by atoms with Gasteiger partial charge < -0.3 is 14.2 Å². The minimum Gasteiger partial charge on any atom is -0.493 e. The van der Waals surface area contributed by atoms with Gasteiger partial charge in [-0.15, -0.1) is 0 Å². The summed E-state index contributed by atoms with van der Waals surface area (Å²) in [5, 5.41) is 7.82. The van der Waals surface area contributed by atoms with E-state index in [0.29, 0.717) is 22.1 Å². The SMILES string of the molecule is COC(=N)c1ccc(OC)c(OC)c1Cl. The fraction of sp³-hybridized carbons (Fsp3) is 0.300. The molecule has 1 aromatic rings. The normalized spacial score (nSPS) is 9.60. The van der Waals surface area contributed by atoms with Gasteiger partial charge >= 0.3 is 0 Å². The zero-order chi connectivity index (χ0) is 11.4. The smallest absolute Gasteiger partial charge is 0.214 e. The number of nitrogens with one attached hydrogen (secondary N) is 1. The van der Waals surface area contributed by atoms with Crippen LogP contribution in [0.3, 0.4) is 0 Å². The van der Waals surface area contributed by atoms with Gasteiger partial charge in [-0.3, -0.25) is 5.41 Å². The van der Waals surface area contributed by atoms with Crippen LogP contribution in [0.15, 0.2) is 12.1 Å². The predicted octanol–water partition coefficient (Wildman–Crippen LogP) is 2.33. The van der Waals surface area contributed by atoms with Crippen molar-refractivity contribution in [2.24, 2.45) is 0 Å². The minimum atomic E-state index is -0.0130. The summed E-state index contributed by atoms with van der Waals surface area (Å²) in [5.41, 5.74) is 0.469. The van der Waals surface area contributed by atoms with Crippen molar-refractivity contribution >= 4 is 17.5 Å². The molecule has 1 aromatic carbocycles. The van der Waals surface area contributed by atoms with Gasteiger partial charge in [0.2, 0.25) is 5.90 Å². The molecule has 0 saturated heterocycles. The molecular formula is C10H12ClNO3. The highest BCUT2D eigenvalue weighted by Crippen LogP contribution is 2.37. The fourth-order valence-electron chi connectivity index (χ4n) is 1.17. The van der Waals surface area contributed by atoms with Crippen molar-refractivity contribution in [2.75, 3.05) is 21.3 Å². The van der Waals surface area contributed by atoms with E-state index in [2.05, 4.69) is 0 Å². The summed E-state index contributed by atoms with van der Waals surface area (Å²) in [6.07, 6.45) is 0. The Kier molecular flexibility index (Phi) is 3.80. The Morgan fingerprint density at radius 2 is 1.87 bits per heavy atom. The third-order valence-corrected chi connectivity index (χ3v) is 2.31. The van der Waals surface area contributed by atoms with Crippen molar-refractivity contribution < 1.29 is 14.2 Å². The molecule has 0 saturated carbocycles. The Labute approximate surface area is 93.2 Å². The van der Waals surface area contributed by atoms with E-state index in [4.69, 9.17) is 31.2 Å². The largest absolute Gasteiger partial charge is 0.493 e. The van der Waals surface area contributed by atoms with Crippen molar-refractivity contribution in [3.63, 3.8) is 0 Å². The van der Waals surface area contributed by atoms with Gasteiger partial charge in [-0.2, -0.15) is 0 Å². The highest BCUT2D eigenvalue weighted by molar-refractivity contribution is 6.35. The molecule has 0 aliphatic heterocycles. The molecule has 0 aliphatic carbocycles. The van der Waals surface area contributed by atoms with Crippen molar-refractivity contribution in [2.45, 2.75) is 0 Å². The first-order valence-electron chi connectivity index (χ1n) is 4.19. The molecule has 0 radical (unpaired) electrons. The zero-order valence-electron chi connectivity index (χ0n) is 8.76. The Morgan fingerprint density at radius 1 is 1.20 bits per heavy atom. The molecule has 0 atom stereocenters. The van der Waals surface area contributed by atoms with E-state index in [1.165, 1.54) is 21.3 Å². The van der Waals surface area contributed by atoms with Gasteiger partial charge in [-0.25, -0.2) is 0 Å². The van der Waals surface area contributed by atoms with Crippen LogP contribution in [-0.4, -0.2) is 27.2 Å². The van der Waals surface area contributed by atoms with E-state index >= 15 is 0 Å². The Balaban J connectivity index is 3.29. The quantitative estimate of drug-likeness (QED) is 0.639. The molecule has 0 amide bonds. The molecule has 0 unspecified atom stereocenters. The molecule has 0 heterocycles. The molecule has 5 heteroatoms. The van der Waals surface area contributed by atoms with E-state index in [1.54, 1.807) is 12.1 Å². The maximum Gasteiger partial charge on any atom is 0.214 e. The maximum absolute atomic E-state index is 7.52. The van der Waals surface area contributed by atoms with Crippen LogP contribution in [0.2, 0.25) is 5.02 Å². The van der Waals surface area contributed by atoms with Crippen molar-refractivity contribution in [1.82, 2.24) is 0 Å². The third kappa shape index (κ3) is 2.15. The summed E-state index contributed by atoms with van der Waals surface area (Å²) in [7, 11) is 4.43. The topological polar surface area (TPSA) is 51.5 Å². The molecule has 4 nitrogen and oxygen atoms in total. The lowest BCUT2D eigenvalue weighted by Crippen LogP contribution is -2.04. The van der Waals surface area contributed by atoms with Gasteiger partial charge in [0.15, 0.2) is 11.5 Å². The van der Waals surface area contributed by atoms with Crippen molar-refractivity contribution in [1.29, 1.82) is 5.41 Å². The summed E-state index contributed by atoms with van der Waals surface area (Å²) in [6.45, 7) is 0. The van der Waals surface area contributed by atoms with Gasteiger partial charge in [-0.05, 0) is 12.1 Å². The standard InChI is InChI=1S/C10H12ClNO3/c1-13-7-5-4-6(10(12)15-3)8(11)9(7)14-2/h4-5,12H,1-3H3. The number of hydrogen-bond donors (Lipinski definition) is 1. The van der Waals surface area contributed by atoms with Crippen LogP contribution < -0.4 is 9.47 Å². The first-order valence-corrected chi connectivity index (χ1v) is 4.56. The summed E-state index contributed by atoms with van der Waals surface area (Å²) < 4.78 is 15.0. The van der Waals surface area contributed by atoms with Gasteiger partial charge in [0.25, 0.3) is 0 Å². The second kappa shape index (κ2) is 4.89. The molecule has 1 N–H and O–H groups in total. The number of methoxy groups -OCH3 is 3. The maximum atomic E-state index is 7.52. The van der Waals surface area contributed by atoms with E-state index in [-0.39, 0.29) is 5.90 Å². The first kappa shape index (κ1) is 11.7. The number of hydrogen-bond acceptors (Lipinski definition) is 4. The molecule has 82 valence electrons. The summed E-state index contributed by atoms with van der Waals surface area (Å²) in [6, 6.07) is 3.32. The van der Waals surface area contributed by atoms with Crippen LogP contribution in [-0.2, 0) is 4.74 Å². The van der Waals surface area contributed by atoms with Gasteiger partial charge in [0.05, 0.1) is 31.9 Å². The average molecular weight is 230 g/mol. The minimum absolute atomic E-state index is 0.0130. The number of benzene rings is 1.